The third kappa shape index (κ3) is 3.84. The number of amides is 1. The first-order valence-corrected chi connectivity index (χ1v) is 9.73. The molecule has 142 valence electrons. The summed E-state index contributed by atoms with van der Waals surface area (Å²) in [6.07, 6.45) is 8.24. The Hall–Kier alpha value is -2.76. The summed E-state index contributed by atoms with van der Waals surface area (Å²) in [7, 11) is 0. The first-order chi connectivity index (χ1) is 13.2. The van der Waals surface area contributed by atoms with Crippen molar-refractivity contribution >= 4 is 22.7 Å². The number of unbranched alkanes of at least 4 members (excludes halogenated alkanes) is 1. The molecule has 0 saturated heterocycles. The molecule has 4 rings (SSSR count). The summed E-state index contributed by atoms with van der Waals surface area (Å²) < 4.78 is 13.5. The van der Waals surface area contributed by atoms with E-state index in [2.05, 4.69) is 17.3 Å². The monoisotopic (exact) mass is 367 g/mol. The summed E-state index contributed by atoms with van der Waals surface area (Å²) in [4.78, 5) is 12.3. The second-order valence-corrected chi connectivity index (χ2v) is 7.00. The molecule has 0 aliphatic heterocycles. The van der Waals surface area contributed by atoms with Gasteiger partial charge in [-0.25, -0.2) is 4.68 Å². The van der Waals surface area contributed by atoms with Crippen molar-refractivity contribution < 1.29 is 13.9 Å². The van der Waals surface area contributed by atoms with Gasteiger partial charge in [0.05, 0.1) is 6.20 Å². The minimum absolute atomic E-state index is 0.0372. The number of anilines is 1. The van der Waals surface area contributed by atoms with E-state index in [9.17, 15) is 4.79 Å². The van der Waals surface area contributed by atoms with Gasteiger partial charge in [0, 0.05) is 30.0 Å². The number of carbonyl (C=O) groups excluding carboxylic acids is 1. The van der Waals surface area contributed by atoms with E-state index in [0.29, 0.717) is 11.6 Å². The first-order valence-electron chi connectivity index (χ1n) is 9.73. The number of hydrogen-bond acceptors (Lipinski definition) is 4. The molecule has 0 atom stereocenters. The zero-order valence-electron chi connectivity index (χ0n) is 15.7. The highest BCUT2D eigenvalue weighted by molar-refractivity contribution is 5.91. The van der Waals surface area contributed by atoms with Gasteiger partial charge in [0.1, 0.15) is 22.9 Å². The van der Waals surface area contributed by atoms with Gasteiger partial charge < -0.3 is 14.5 Å². The maximum absolute atomic E-state index is 12.3. The summed E-state index contributed by atoms with van der Waals surface area (Å²) in [6.45, 7) is 2.89. The second-order valence-electron chi connectivity index (χ2n) is 7.00. The zero-order valence-corrected chi connectivity index (χ0v) is 15.7. The number of aryl methyl sites for hydroxylation is 3. The maximum Gasteiger partial charge on any atom is 0.263 e. The molecule has 3 aromatic rings. The molecule has 0 fully saturated rings. The van der Waals surface area contributed by atoms with Crippen molar-refractivity contribution in [2.75, 3.05) is 11.9 Å². The number of aromatic nitrogens is 2. The third-order valence-electron chi connectivity index (χ3n) is 5.00. The topological polar surface area (TPSA) is 69.3 Å². The fourth-order valence-corrected chi connectivity index (χ4v) is 3.58. The normalized spacial score (nSPS) is 13.5. The van der Waals surface area contributed by atoms with Gasteiger partial charge in [-0.15, -0.1) is 0 Å². The summed E-state index contributed by atoms with van der Waals surface area (Å²) in [5.41, 5.74) is 2.20. The van der Waals surface area contributed by atoms with Crippen molar-refractivity contribution in [2.24, 2.45) is 0 Å². The molecule has 27 heavy (non-hydrogen) atoms. The molecular formula is C21H25N3O3. The number of benzene rings is 1. The summed E-state index contributed by atoms with van der Waals surface area (Å²) >= 11 is 0. The highest BCUT2D eigenvalue weighted by Crippen LogP contribution is 2.33. The molecule has 1 aromatic carbocycles. The fourth-order valence-electron chi connectivity index (χ4n) is 3.58. The second kappa shape index (κ2) is 7.86. The molecule has 0 spiro atoms. The van der Waals surface area contributed by atoms with Crippen LogP contribution >= 0.6 is 0 Å². The molecule has 6 heteroatoms. The molecule has 2 heterocycles. The lowest BCUT2D eigenvalue weighted by atomic mass is 9.96. The lowest BCUT2D eigenvalue weighted by Crippen LogP contribution is -2.22. The minimum atomic E-state index is -0.192. The van der Waals surface area contributed by atoms with Gasteiger partial charge in [-0.2, -0.15) is 5.10 Å². The van der Waals surface area contributed by atoms with Crippen LogP contribution in [-0.2, 0) is 24.2 Å². The Balaban J connectivity index is 1.40. The van der Waals surface area contributed by atoms with Gasteiger partial charge in [0.15, 0.2) is 6.61 Å². The summed E-state index contributed by atoms with van der Waals surface area (Å²) in [5.74, 6) is 2.30. The molecule has 1 N–H and O–H groups in total. The highest BCUT2D eigenvalue weighted by atomic mass is 16.5. The van der Waals surface area contributed by atoms with Crippen LogP contribution in [0.15, 0.2) is 34.9 Å². The Morgan fingerprint density at radius 3 is 3.07 bits per heavy atom. The van der Waals surface area contributed by atoms with Crippen LogP contribution in [0.2, 0.25) is 0 Å². The third-order valence-corrected chi connectivity index (χ3v) is 5.00. The van der Waals surface area contributed by atoms with Crippen molar-refractivity contribution in [2.45, 2.75) is 52.0 Å². The van der Waals surface area contributed by atoms with Crippen molar-refractivity contribution in [3.05, 3.63) is 41.8 Å². The Morgan fingerprint density at radius 2 is 2.19 bits per heavy atom. The van der Waals surface area contributed by atoms with Crippen LogP contribution in [0.3, 0.4) is 0 Å². The molecule has 0 radical (unpaired) electrons. The number of ether oxygens (including phenoxy) is 1. The largest absolute Gasteiger partial charge is 0.484 e. The summed E-state index contributed by atoms with van der Waals surface area (Å²) in [6, 6.07) is 7.58. The number of rotatable bonds is 7. The van der Waals surface area contributed by atoms with Crippen molar-refractivity contribution in [1.82, 2.24) is 9.78 Å². The first kappa shape index (κ1) is 17.6. The molecular weight excluding hydrogens is 342 g/mol. The van der Waals surface area contributed by atoms with E-state index in [1.807, 2.05) is 22.9 Å². The van der Waals surface area contributed by atoms with Gasteiger partial charge >= 0.3 is 0 Å². The predicted octanol–water partition coefficient (Wildman–Crippen LogP) is 4.33. The van der Waals surface area contributed by atoms with Crippen LogP contribution < -0.4 is 10.1 Å². The van der Waals surface area contributed by atoms with Crippen LogP contribution in [0, 0.1) is 0 Å². The van der Waals surface area contributed by atoms with Crippen LogP contribution in [-0.4, -0.2) is 22.3 Å². The van der Waals surface area contributed by atoms with Gasteiger partial charge in [-0.3, -0.25) is 4.79 Å². The zero-order chi connectivity index (χ0) is 18.6. The maximum atomic E-state index is 12.3. The standard InChI is InChI=1S/C21H25N3O3/c1-2-3-12-24-20(10-11-22-24)23-21(25)14-26-15-8-9-19-17(13-15)16-6-4-5-7-18(16)27-19/h8-11,13H,2-7,12,14H2,1H3,(H,23,25). The van der Waals surface area contributed by atoms with E-state index in [1.54, 1.807) is 12.3 Å². The Morgan fingerprint density at radius 1 is 1.30 bits per heavy atom. The number of fused-ring (bicyclic) bond motifs is 3. The van der Waals surface area contributed by atoms with Gasteiger partial charge in [-0.1, -0.05) is 13.3 Å². The predicted molar refractivity (Wildman–Crippen MR) is 104 cm³/mol. The van der Waals surface area contributed by atoms with Crippen LogP contribution in [0.4, 0.5) is 5.82 Å². The Kier molecular flexibility index (Phi) is 5.14. The van der Waals surface area contributed by atoms with E-state index >= 15 is 0 Å². The van der Waals surface area contributed by atoms with Crippen molar-refractivity contribution in [1.29, 1.82) is 0 Å². The number of nitrogens with one attached hydrogen (secondary N) is 1. The van der Waals surface area contributed by atoms with Crippen molar-refractivity contribution in [3.63, 3.8) is 0 Å². The summed E-state index contributed by atoms with van der Waals surface area (Å²) in [5, 5.41) is 8.23. The van der Waals surface area contributed by atoms with E-state index < -0.39 is 0 Å². The molecule has 0 saturated carbocycles. The quantitative estimate of drug-likeness (QED) is 0.675. The average Bonchev–Trinajstić information content (AvgIpc) is 3.28. The average molecular weight is 367 g/mol. The molecule has 0 bridgehead atoms. The van der Waals surface area contributed by atoms with E-state index in [1.165, 1.54) is 18.4 Å². The fraction of sp³-hybridized carbons (Fsp3) is 0.429. The van der Waals surface area contributed by atoms with Gasteiger partial charge in [0.2, 0.25) is 0 Å². The molecule has 1 amide bonds. The Bertz CT molecular complexity index is 941. The molecule has 0 unspecified atom stereocenters. The highest BCUT2D eigenvalue weighted by Gasteiger charge is 2.18. The lowest BCUT2D eigenvalue weighted by Gasteiger charge is -2.10. The van der Waals surface area contributed by atoms with Crippen LogP contribution in [0.5, 0.6) is 5.75 Å². The van der Waals surface area contributed by atoms with E-state index in [4.69, 9.17) is 9.15 Å². The van der Waals surface area contributed by atoms with Gasteiger partial charge in [0.25, 0.3) is 5.91 Å². The smallest absolute Gasteiger partial charge is 0.263 e. The van der Waals surface area contributed by atoms with E-state index in [0.717, 1.165) is 49.0 Å². The van der Waals surface area contributed by atoms with Gasteiger partial charge in [-0.05, 0) is 43.9 Å². The Labute approximate surface area is 158 Å². The molecule has 2 aromatic heterocycles. The van der Waals surface area contributed by atoms with Crippen LogP contribution in [0.25, 0.3) is 11.0 Å². The molecule has 1 aliphatic rings. The van der Waals surface area contributed by atoms with Crippen molar-refractivity contribution in [3.8, 4) is 5.75 Å². The lowest BCUT2D eigenvalue weighted by molar-refractivity contribution is -0.118. The minimum Gasteiger partial charge on any atom is -0.484 e. The number of hydrogen-bond donors (Lipinski definition) is 1. The van der Waals surface area contributed by atoms with Crippen LogP contribution in [0.1, 0.15) is 43.9 Å². The van der Waals surface area contributed by atoms with E-state index in [-0.39, 0.29) is 12.5 Å². The number of carbonyl (C=O) groups is 1. The number of furan rings is 1. The number of nitrogens with zero attached hydrogens (tertiary/aromatic N) is 2. The molecule has 6 nitrogen and oxygen atoms in total. The SMILES string of the molecule is CCCCn1nccc1NC(=O)COc1ccc2oc3c(c2c1)CCCC3. The molecule has 1 aliphatic carbocycles.